The summed E-state index contributed by atoms with van der Waals surface area (Å²) < 4.78 is 0. The van der Waals surface area contributed by atoms with Gasteiger partial charge in [0.2, 0.25) is 5.91 Å². The van der Waals surface area contributed by atoms with Crippen LogP contribution in [0.15, 0.2) is 18.2 Å². The number of nitrogens with one attached hydrogen (secondary N) is 1. The average molecular weight is 248 g/mol. The van der Waals surface area contributed by atoms with Gasteiger partial charge in [-0.2, -0.15) is 0 Å². The number of benzene rings is 1. The van der Waals surface area contributed by atoms with Gasteiger partial charge >= 0.3 is 0 Å². The molecule has 1 N–H and O–H groups in total. The fraction of sp³-hybridized carbons (Fsp3) is 0.429. The molecule has 4 heteroatoms. The van der Waals surface area contributed by atoms with Crippen LogP contribution in [0.3, 0.4) is 0 Å². The smallest absolute Gasteiger partial charge is 0.239 e. The van der Waals surface area contributed by atoms with Gasteiger partial charge in [-0.25, -0.2) is 0 Å². The molecule has 1 rings (SSSR count). The first-order valence-corrected chi connectivity index (χ1v) is 6.19. The van der Waals surface area contributed by atoms with Gasteiger partial charge in [-0.1, -0.05) is 11.6 Å². The molecule has 0 fully saturated rings. The van der Waals surface area contributed by atoms with Crippen molar-refractivity contribution in [2.75, 3.05) is 24.5 Å². The number of carbonyl (C=O) groups excluding carboxylic acids is 2. The van der Waals surface area contributed by atoms with E-state index in [0.717, 1.165) is 17.5 Å². The van der Waals surface area contributed by atoms with E-state index in [1.165, 1.54) is 0 Å². The van der Waals surface area contributed by atoms with Gasteiger partial charge in [0.15, 0.2) is 6.29 Å². The number of rotatable bonds is 6. The van der Waals surface area contributed by atoms with Crippen LogP contribution in [0.4, 0.5) is 5.69 Å². The van der Waals surface area contributed by atoms with Crippen LogP contribution in [0.5, 0.6) is 0 Å². The number of aryl methyl sites for hydroxylation is 1. The minimum absolute atomic E-state index is 0.0308. The molecule has 0 aliphatic rings. The van der Waals surface area contributed by atoms with Crippen molar-refractivity contribution in [1.82, 2.24) is 5.32 Å². The zero-order valence-corrected chi connectivity index (χ0v) is 11.2. The Morgan fingerprint density at radius 1 is 1.39 bits per heavy atom. The maximum Gasteiger partial charge on any atom is 0.239 e. The van der Waals surface area contributed by atoms with Crippen molar-refractivity contribution in [2.45, 2.75) is 20.8 Å². The van der Waals surface area contributed by atoms with Crippen molar-refractivity contribution in [1.29, 1.82) is 0 Å². The molecule has 1 aromatic rings. The number of carbonyl (C=O) groups is 2. The number of anilines is 1. The quantitative estimate of drug-likeness (QED) is 0.781. The fourth-order valence-corrected chi connectivity index (χ4v) is 1.85. The average Bonchev–Trinajstić information content (AvgIpc) is 2.36. The molecular formula is C14H20N2O2. The number of aldehydes is 1. The predicted octanol–water partition coefficient (Wildman–Crippen LogP) is 1.77. The molecule has 0 saturated carbocycles. The summed E-state index contributed by atoms with van der Waals surface area (Å²) in [6.45, 7) is 7.36. The number of likely N-dealkylation sites (N-methyl/N-ethyl adjacent to an activating group) is 2. The van der Waals surface area contributed by atoms with Crippen molar-refractivity contribution in [3.63, 3.8) is 0 Å². The lowest BCUT2D eigenvalue weighted by Gasteiger charge is -2.24. The Balaban J connectivity index is 2.94. The summed E-state index contributed by atoms with van der Waals surface area (Å²) >= 11 is 0. The van der Waals surface area contributed by atoms with Gasteiger partial charge in [-0.05, 0) is 32.9 Å². The van der Waals surface area contributed by atoms with Gasteiger partial charge in [0, 0.05) is 24.3 Å². The summed E-state index contributed by atoms with van der Waals surface area (Å²) in [4.78, 5) is 24.6. The molecule has 0 bridgehead atoms. The first-order valence-electron chi connectivity index (χ1n) is 6.19. The normalized spacial score (nSPS) is 9.94. The molecule has 0 aliphatic heterocycles. The molecule has 0 saturated heterocycles. The second-order valence-electron chi connectivity index (χ2n) is 4.15. The van der Waals surface area contributed by atoms with Crippen LogP contribution in [0.1, 0.15) is 29.8 Å². The standard InChI is InChI=1S/C14H20N2O2/c1-4-15-14(18)9-16(5-2)13-7-6-11(3)8-12(13)10-17/h6-8,10H,4-5,9H2,1-3H3,(H,15,18). The number of hydrogen-bond acceptors (Lipinski definition) is 3. The van der Waals surface area contributed by atoms with Crippen LogP contribution in [-0.2, 0) is 4.79 Å². The van der Waals surface area contributed by atoms with E-state index >= 15 is 0 Å². The lowest BCUT2D eigenvalue weighted by atomic mass is 10.1. The highest BCUT2D eigenvalue weighted by Crippen LogP contribution is 2.20. The first kappa shape index (κ1) is 14.2. The maximum absolute atomic E-state index is 11.6. The van der Waals surface area contributed by atoms with Crippen LogP contribution in [0, 0.1) is 6.92 Å². The van der Waals surface area contributed by atoms with Crippen molar-refractivity contribution in [2.24, 2.45) is 0 Å². The molecule has 0 aliphatic carbocycles. The highest BCUT2D eigenvalue weighted by Gasteiger charge is 2.12. The minimum atomic E-state index is -0.0308. The molecule has 4 nitrogen and oxygen atoms in total. The van der Waals surface area contributed by atoms with E-state index in [9.17, 15) is 9.59 Å². The molecule has 18 heavy (non-hydrogen) atoms. The Morgan fingerprint density at radius 2 is 2.11 bits per heavy atom. The summed E-state index contributed by atoms with van der Waals surface area (Å²) in [5.74, 6) is -0.0308. The lowest BCUT2D eigenvalue weighted by molar-refractivity contribution is -0.119. The third kappa shape index (κ3) is 3.58. The van der Waals surface area contributed by atoms with E-state index in [2.05, 4.69) is 5.32 Å². The summed E-state index contributed by atoms with van der Waals surface area (Å²) in [7, 11) is 0. The van der Waals surface area contributed by atoms with Gasteiger partial charge in [-0.3, -0.25) is 9.59 Å². The topological polar surface area (TPSA) is 49.4 Å². The zero-order valence-electron chi connectivity index (χ0n) is 11.2. The van der Waals surface area contributed by atoms with Crippen LogP contribution in [-0.4, -0.2) is 31.8 Å². The molecule has 0 heterocycles. The van der Waals surface area contributed by atoms with Gasteiger partial charge < -0.3 is 10.2 Å². The van der Waals surface area contributed by atoms with Crippen LogP contribution < -0.4 is 10.2 Å². The van der Waals surface area contributed by atoms with Gasteiger partial charge in [0.1, 0.15) is 0 Å². The van der Waals surface area contributed by atoms with E-state index in [1.54, 1.807) is 0 Å². The van der Waals surface area contributed by atoms with E-state index in [4.69, 9.17) is 0 Å². The second-order valence-corrected chi connectivity index (χ2v) is 4.15. The molecule has 1 aromatic carbocycles. The van der Waals surface area contributed by atoms with Gasteiger partial charge in [0.25, 0.3) is 0 Å². The van der Waals surface area contributed by atoms with Crippen molar-refractivity contribution in [3.8, 4) is 0 Å². The molecule has 0 unspecified atom stereocenters. The molecule has 1 amide bonds. The number of amides is 1. The number of nitrogens with zero attached hydrogens (tertiary/aromatic N) is 1. The number of hydrogen-bond donors (Lipinski definition) is 1. The van der Waals surface area contributed by atoms with E-state index in [1.807, 2.05) is 43.9 Å². The summed E-state index contributed by atoms with van der Waals surface area (Å²) in [5.41, 5.74) is 2.47. The molecule has 98 valence electrons. The minimum Gasteiger partial charge on any atom is -0.362 e. The molecule has 0 atom stereocenters. The van der Waals surface area contributed by atoms with Crippen molar-refractivity contribution in [3.05, 3.63) is 29.3 Å². The van der Waals surface area contributed by atoms with E-state index in [-0.39, 0.29) is 12.5 Å². The zero-order chi connectivity index (χ0) is 13.5. The summed E-state index contributed by atoms with van der Waals surface area (Å²) in [6, 6.07) is 5.67. The van der Waals surface area contributed by atoms with Crippen LogP contribution in [0.2, 0.25) is 0 Å². The third-order valence-corrected chi connectivity index (χ3v) is 2.74. The highest BCUT2D eigenvalue weighted by molar-refractivity contribution is 5.88. The predicted molar refractivity (Wildman–Crippen MR) is 73.1 cm³/mol. The third-order valence-electron chi connectivity index (χ3n) is 2.74. The Hall–Kier alpha value is -1.84. The second kappa shape index (κ2) is 6.79. The maximum atomic E-state index is 11.6. The van der Waals surface area contributed by atoms with Crippen LogP contribution >= 0.6 is 0 Å². The Labute approximate surface area is 108 Å². The molecule has 0 spiro atoms. The Morgan fingerprint density at radius 3 is 2.67 bits per heavy atom. The van der Waals surface area contributed by atoms with Crippen molar-refractivity contribution < 1.29 is 9.59 Å². The fourth-order valence-electron chi connectivity index (χ4n) is 1.85. The van der Waals surface area contributed by atoms with Crippen molar-refractivity contribution >= 4 is 17.9 Å². The molecule has 0 radical (unpaired) electrons. The van der Waals surface area contributed by atoms with Gasteiger partial charge in [-0.15, -0.1) is 0 Å². The highest BCUT2D eigenvalue weighted by atomic mass is 16.2. The van der Waals surface area contributed by atoms with Crippen LogP contribution in [0.25, 0.3) is 0 Å². The largest absolute Gasteiger partial charge is 0.362 e. The first-order chi connectivity index (χ1) is 8.62. The monoisotopic (exact) mass is 248 g/mol. The Bertz CT molecular complexity index is 430. The summed E-state index contributed by atoms with van der Waals surface area (Å²) in [6.07, 6.45) is 0.836. The Kier molecular flexibility index (Phi) is 5.36. The van der Waals surface area contributed by atoms with E-state index < -0.39 is 0 Å². The molecular weight excluding hydrogens is 228 g/mol. The van der Waals surface area contributed by atoms with E-state index in [0.29, 0.717) is 18.7 Å². The SMILES string of the molecule is CCNC(=O)CN(CC)c1ccc(C)cc1C=O. The lowest BCUT2D eigenvalue weighted by Crippen LogP contribution is -2.37. The molecule has 0 aromatic heterocycles. The van der Waals surface area contributed by atoms with Gasteiger partial charge in [0.05, 0.1) is 6.54 Å². The summed E-state index contributed by atoms with van der Waals surface area (Å²) in [5, 5.41) is 2.76.